The monoisotopic (exact) mass is 664 g/mol. The molecule has 0 bridgehead atoms. The SMILES string of the molecule is CCCCCCCCCCCCCCCCC(OC(=O)[C@@H](N)[C@@H](C)CC)C(=O)OC[C@H]1O[C@@H](n2cnc3c(=O)[nH]c(N)nc32)C[C@@H]1F. The Morgan fingerprint density at radius 1 is 1.02 bits per heavy atom. The third-order valence-corrected chi connectivity index (χ3v) is 9.18. The summed E-state index contributed by atoms with van der Waals surface area (Å²) in [6.45, 7) is 5.65. The van der Waals surface area contributed by atoms with Crippen LogP contribution in [0.15, 0.2) is 11.1 Å². The average Bonchev–Trinajstić information content (AvgIpc) is 3.65. The zero-order valence-corrected chi connectivity index (χ0v) is 28.6. The van der Waals surface area contributed by atoms with E-state index in [1.807, 2.05) is 13.8 Å². The Morgan fingerprint density at radius 2 is 1.62 bits per heavy atom. The number of nitrogens with one attached hydrogen (secondary N) is 1. The first-order chi connectivity index (χ1) is 22.7. The molecule has 266 valence electrons. The number of nitrogens with zero attached hydrogens (tertiary/aromatic N) is 3. The number of H-pyrrole nitrogens is 1. The predicted octanol–water partition coefficient (Wildman–Crippen LogP) is 6.03. The number of fused-ring (bicyclic) bond motifs is 1. The fourth-order valence-corrected chi connectivity index (χ4v) is 5.88. The van der Waals surface area contributed by atoms with Gasteiger partial charge in [0, 0.05) is 6.42 Å². The van der Waals surface area contributed by atoms with Crippen LogP contribution in [-0.2, 0) is 23.8 Å². The Balaban J connectivity index is 1.44. The molecule has 0 amide bonds. The van der Waals surface area contributed by atoms with Crippen molar-refractivity contribution in [3.05, 3.63) is 16.7 Å². The minimum Gasteiger partial charge on any atom is -0.460 e. The molecular formula is C34H57FN6O6. The number of carbonyl (C=O) groups excluding carboxylic acids is 2. The smallest absolute Gasteiger partial charge is 0.347 e. The Labute approximate surface area is 277 Å². The lowest BCUT2D eigenvalue weighted by Crippen LogP contribution is -2.42. The van der Waals surface area contributed by atoms with Gasteiger partial charge in [0.25, 0.3) is 5.56 Å². The second-order valence-electron chi connectivity index (χ2n) is 13.0. The number of halogens is 1. The normalized spacial score (nSPS) is 19.9. The lowest BCUT2D eigenvalue weighted by Gasteiger charge is -2.22. The van der Waals surface area contributed by atoms with E-state index in [0.717, 1.165) is 19.3 Å². The van der Waals surface area contributed by atoms with E-state index in [2.05, 4.69) is 21.9 Å². The zero-order valence-electron chi connectivity index (χ0n) is 28.6. The van der Waals surface area contributed by atoms with E-state index in [4.69, 9.17) is 25.7 Å². The van der Waals surface area contributed by atoms with Crippen molar-refractivity contribution in [3.8, 4) is 0 Å². The van der Waals surface area contributed by atoms with Gasteiger partial charge in [-0.15, -0.1) is 0 Å². The van der Waals surface area contributed by atoms with Crippen LogP contribution in [0.4, 0.5) is 10.3 Å². The quantitative estimate of drug-likeness (QED) is 0.0939. The molecule has 0 spiro atoms. The van der Waals surface area contributed by atoms with Gasteiger partial charge in [-0.1, -0.05) is 111 Å². The van der Waals surface area contributed by atoms with Gasteiger partial charge < -0.3 is 25.7 Å². The minimum absolute atomic E-state index is 0.0526. The number of carbonyl (C=O) groups is 2. The van der Waals surface area contributed by atoms with Gasteiger partial charge in [0.2, 0.25) is 5.95 Å². The third kappa shape index (κ3) is 12.2. The molecule has 2 aromatic rings. The number of imidazole rings is 1. The van der Waals surface area contributed by atoms with E-state index in [-0.39, 0.29) is 36.1 Å². The molecule has 5 N–H and O–H groups in total. The second kappa shape index (κ2) is 20.3. The summed E-state index contributed by atoms with van der Waals surface area (Å²) in [7, 11) is 0. The first-order valence-electron chi connectivity index (χ1n) is 17.8. The van der Waals surface area contributed by atoms with Crippen LogP contribution in [0, 0.1) is 5.92 Å². The van der Waals surface area contributed by atoms with E-state index < -0.39 is 48.1 Å². The van der Waals surface area contributed by atoms with E-state index in [9.17, 15) is 14.4 Å². The molecular weight excluding hydrogens is 607 g/mol. The molecule has 2 aromatic heterocycles. The van der Waals surface area contributed by atoms with Crippen LogP contribution >= 0.6 is 0 Å². The predicted molar refractivity (Wildman–Crippen MR) is 179 cm³/mol. The number of esters is 2. The van der Waals surface area contributed by atoms with E-state index >= 15 is 4.39 Å². The molecule has 1 aliphatic rings. The molecule has 3 heterocycles. The number of hydrogen-bond acceptors (Lipinski definition) is 10. The van der Waals surface area contributed by atoms with E-state index in [1.54, 1.807) is 0 Å². The van der Waals surface area contributed by atoms with Gasteiger partial charge in [-0.25, -0.2) is 14.2 Å². The maximum Gasteiger partial charge on any atom is 0.347 e. The fraction of sp³-hybridized carbons (Fsp3) is 0.794. The maximum absolute atomic E-state index is 15.0. The first kappa shape index (κ1) is 38.4. The fourth-order valence-electron chi connectivity index (χ4n) is 5.88. The van der Waals surface area contributed by atoms with Gasteiger partial charge in [0.05, 0.1) is 6.33 Å². The average molecular weight is 665 g/mol. The molecule has 1 saturated heterocycles. The van der Waals surface area contributed by atoms with Crippen molar-refractivity contribution in [2.75, 3.05) is 12.3 Å². The summed E-state index contributed by atoms with van der Waals surface area (Å²) in [5.41, 5.74) is 11.4. The lowest BCUT2D eigenvalue weighted by molar-refractivity contribution is -0.173. The second-order valence-corrected chi connectivity index (χ2v) is 13.0. The zero-order chi connectivity index (χ0) is 34.2. The van der Waals surface area contributed by atoms with E-state index in [1.165, 1.54) is 75.1 Å². The molecule has 47 heavy (non-hydrogen) atoms. The number of anilines is 1. The van der Waals surface area contributed by atoms with Gasteiger partial charge >= 0.3 is 11.9 Å². The number of hydrogen-bond donors (Lipinski definition) is 3. The molecule has 3 rings (SSSR count). The van der Waals surface area contributed by atoms with Crippen LogP contribution in [0.5, 0.6) is 0 Å². The molecule has 1 unspecified atom stereocenters. The number of nitrogens with two attached hydrogens (primary N) is 2. The Hall–Kier alpha value is -3.06. The highest BCUT2D eigenvalue weighted by Crippen LogP contribution is 2.32. The molecule has 12 nitrogen and oxygen atoms in total. The van der Waals surface area contributed by atoms with Crippen molar-refractivity contribution in [3.63, 3.8) is 0 Å². The molecule has 13 heteroatoms. The van der Waals surface area contributed by atoms with Crippen molar-refractivity contribution in [2.45, 2.75) is 161 Å². The first-order valence-corrected chi connectivity index (χ1v) is 17.8. The number of alkyl halides is 1. The molecule has 0 aliphatic carbocycles. The van der Waals surface area contributed by atoms with Crippen LogP contribution < -0.4 is 17.0 Å². The topological polar surface area (TPSA) is 177 Å². The van der Waals surface area contributed by atoms with Gasteiger partial charge in [-0.2, -0.15) is 4.98 Å². The minimum atomic E-state index is -1.46. The number of aromatic nitrogens is 4. The number of ether oxygens (including phenoxy) is 3. The van der Waals surface area contributed by atoms with Crippen LogP contribution in [0.3, 0.4) is 0 Å². The molecule has 1 aliphatic heterocycles. The largest absolute Gasteiger partial charge is 0.460 e. The van der Waals surface area contributed by atoms with Crippen molar-refractivity contribution >= 4 is 29.1 Å². The van der Waals surface area contributed by atoms with Crippen molar-refractivity contribution < 1.29 is 28.2 Å². The highest BCUT2D eigenvalue weighted by molar-refractivity contribution is 5.82. The molecule has 0 aromatic carbocycles. The summed E-state index contributed by atoms with van der Waals surface area (Å²) in [5, 5.41) is 0. The number of unbranched alkanes of at least 4 members (excludes halogenated alkanes) is 13. The van der Waals surface area contributed by atoms with Gasteiger partial charge in [0.15, 0.2) is 17.3 Å². The van der Waals surface area contributed by atoms with Gasteiger partial charge in [0.1, 0.15) is 31.2 Å². The third-order valence-electron chi connectivity index (χ3n) is 9.18. The van der Waals surface area contributed by atoms with Crippen molar-refractivity contribution in [2.24, 2.45) is 11.7 Å². The maximum atomic E-state index is 15.0. The Morgan fingerprint density at radius 3 is 2.21 bits per heavy atom. The van der Waals surface area contributed by atoms with Crippen LogP contribution in [0.2, 0.25) is 0 Å². The molecule has 1 fully saturated rings. The van der Waals surface area contributed by atoms with Gasteiger partial charge in [-0.3, -0.25) is 19.1 Å². The lowest BCUT2D eigenvalue weighted by atomic mass is 10.0. The number of aromatic amines is 1. The molecule has 6 atom stereocenters. The van der Waals surface area contributed by atoms with Crippen molar-refractivity contribution in [1.29, 1.82) is 0 Å². The molecule has 0 radical (unpaired) electrons. The van der Waals surface area contributed by atoms with Gasteiger partial charge in [-0.05, 0) is 18.8 Å². The number of nitrogen functional groups attached to an aromatic ring is 1. The Bertz CT molecular complexity index is 1290. The summed E-state index contributed by atoms with van der Waals surface area (Å²) in [5.74, 6) is -1.62. The standard InChI is InChI=1S/C34H57FN6O6/c1-4-6-7-8-9-10-11-12-13-14-15-16-17-18-19-25(47-33(44)28(36)23(3)5-2)32(43)45-21-26-24(35)20-27(46-26)41-22-38-29-30(41)39-34(37)40-31(29)42/h22-28H,4-21,36H2,1-3H3,(H3,37,39,40,42)/t23-,24-,25?,26+,27+,28-/m0/s1. The van der Waals surface area contributed by atoms with Crippen molar-refractivity contribution in [1.82, 2.24) is 19.5 Å². The van der Waals surface area contributed by atoms with Crippen LogP contribution in [0.25, 0.3) is 11.2 Å². The summed E-state index contributed by atoms with van der Waals surface area (Å²) < 4.78 is 33.3. The summed E-state index contributed by atoms with van der Waals surface area (Å²) in [4.78, 5) is 48.5. The summed E-state index contributed by atoms with van der Waals surface area (Å²) >= 11 is 0. The summed E-state index contributed by atoms with van der Waals surface area (Å²) in [6.07, 6.45) is 14.6. The van der Waals surface area contributed by atoms with Crippen LogP contribution in [0.1, 0.15) is 136 Å². The molecule has 0 saturated carbocycles. The highest BCUT2D eigenvalue weighted by atomic mass is 19.1. The highest BCUT2D eigenvalue weighted by Gasteiger charge is 2.39. The summed E-state index contributed by atoms with van der Waals surface area (Å²) in [6, 6.07) is -0.860. The Kier molecular flexibility index (Phi) is 16.6. The number of rotatable bonds is 23. The van der Waals surface area contributed by atoms with Crippen LogP contribution in [-0.4, -0.2) is 62.5 Å². The van der Waals surface area contributed by atoms with E-state index in [0.29, 0.717) is 19.3 Å².